The van der Waals surface area contributed by atoms with E-state index in [4.69, 9.17) is 37.7 Å². The van der Waals surface area contributed by atoms with Crippen LogP contribution in [-0.4, -0.2) is 34.7 Å². The molecule has 0 bridgehead atoms. The van der Waals surface area contributed by atoms with Crippen molar-refractivity contribution in [2.24, 2.45) is 5.92 Å². The van der Waals surface area contributed by atoms with Crippen LogP contribution in [0.1, 0.15) is 66.0 Å². The SMILES string of the molecule is Cc1c(C(=O)NCC2CCCCC2)cc(-c2csc(COc3cc(Cl)cc(Cl)c3)n2)n1CC1CCCO1. The van der Waals surface area contributed by atoms with Crippen molar-refractivity contribution in [2.45, 2.75) is 71.1 Å². The van der Waals surface area contributed by atoms with E-state index in [0.717, 1.165) is 48.1 Å². The first-order valence-electron chi connectivity index (χ1n) is 13.1. The van der Waals surface area contributed by atoms with Crippen LogP contribution in [0.4, 0.5) is 0 Å². The van der Waals surface area contributed by atoms with Gasteiger partial charge in [-0.1, -0.05) is 42.5 Å². The van der Waals surface area contributed by atoms with Crippen LogP contribution in [0.15, 0.2) is 29.6 Å². The first kappa shape index (κ1) is 26.5. The Morgan fingerprint density at radius 2 is 1.92 bits per heavy atom. The van der Waals surface area contributed by atoms with Crippen LogP contribution in [0.25, 0.3) is 11.4 Å². The third kappa shape index (κ3) is 6.69. The number of halogens is 2. The van der Waals surface area contributed by atoms with E-state index >= 15 is 0 Å². The maximum Gasteiger partial charge on any atom is 0.253 e. The first-order valence-corrected chi connectivity index (χ1v) is 14.7. The lowest BCUT2D eigenvalue weighted by atomic mass is 9.89. The second kappa shape index (κ2) is 12.2. The number of nitrogens with zero attached hydrogens (tertiary/aromatic N) is 2. The molecule has 3 heterocycles. The summed E-state index contributed by atoms with van der Waals surface area (Å²) < 4.78 is 14.0. The standard InChI is InChI=1S/C28H33Cl2N3O3S/c1-18-24(28(34)31-14-19-6-3-2-4-7-19)13-26(33(18)15-22-8-5-9-35-22)25-17-37-27(32-25)16-36-23-11-20(29)10-21(30)12-23/h10-13,17,19,22H,2-9,14-16H2,1H3,(H,31,34). The van der Waals surface area contributed by atoms with Crippen molar-refractivity contribution in [1.82, 2.24) is 14.9 Å². The Hall–Kier alpha value is -2.06. The molecule has 37 heavy (non-hydrogen) atoms. The summed E-state index contributed by atoms with van der Waals surface area (Å²) in [5.74, 6) is 1.18. The molecule has 1 aliphatic carbocycles. The minimum absolute atomic E-state index is 0.00737. The number of carbonyl (C=O) groups is 1. The van der Waals surface area contributed by atoms with E-state index in [2.05, 4.69) is 9.88 Å². The van der Waals surface area contributed by atoms with E-state index in [0.29, 0.717) is 40.4 Å². The first-order chi connectivity index (χ1) is 18.0. The Kier molecular flexibility index (Phi) is 8.75. The van der Waals surface area contributed by atoms with Crippen molar-refractivity contribution in [1.29, 1.82) is 0 Å². The molecule has 5 rings (SSSR count). The Morgan fingerprint density at radius 3 is 2.65 bits per heavy atom. The van der Waals surface area contributed by atoms with Gasteiger partial charge in [-0.15, -0.1) is 11.3 Å². The average Bonchev–Trinajstić information content (AvgIpc) is 3.63. The Labute approximate surface area is 232 Å². The quantitative estimate of drug-likeness (QED) is 0.297. The lowest BCUT2D eigenvalue weighted by Crippen LogP contribution is -2.30. The van der Waals surface area contributed by atoms with E-state index in [1.807, 2.05) is 18.4 Å². The lowest BCUT2D eigenvalue weighted by Gasteiger charge is -2.21. The number of hydrogen-bond donors (Lipinski definition) is 1. The number of rotatable bonds is 9. The van der Waals surface area contributed by atoms with Gasteiger partial charge >= 0.3 is 0 Å². The van der Waals surface area contributed by atoms with Gasteiger partial charge in [0.1, 0.15) is 17.4 Å². The number of thiazole rings is 1. The van der Waals surface area contributed by atoms with Crippen LogP contribution in [0.3, 0.4) is 0 Å². The van der Waals surface area contributed by atoms with Gasteiger partial charge in [-0.05, 0) is 62.8 Å². The van der Waals surface area contributed by atoms with Gasteiger partial charge in [0.05, 0.1) is 23.1 Å². The van der Waals surface area contributed by atoms with Gasteiger partial charge in [-0.3, -0.25) is 4.79 Å². The van der Waals surface area contributed by atoms with Gasteiger partial charge in [0, 0.05) is 40.8 Å². The van der Waals surface area contributed by atoms with E-state index in [1.165, 1.54) is 43.4 Å². The van der Waals surface area contributed by atoms with Crippen LogP contribution >= 0.6 is 34.5 Å². The fourth-order valence-electron chi connectivity index (χ4n) is 5.29. The lowest BCUT2D eigenvalue weighted by molar-refractivity contribution is 0.0933. The summed E-state index contributed by atoms with van der Waals surface area (Å²) in [4.78, 5) is 18.1. The second-order valence-electron chi connectivity index (χ2n) is 10.0. The third-order valence-corrected chi connectivity index (χ3v) is 8.57. The maximum absolute atomic E-state index is 13.2. The molecule has 1 atom stereocenters. The normalized spacial score (nSPS) is 18.3. The van der Waals surface area contributed by atoms with Crippen molar-refractivity contribution in [2.75, 3.05) is 13.2 Å². The number of aromatic nitrogens is 2. The van der Waals surface area contributed by atoms with Crippen LogP contribution in [0, 0.1) is 12.8 Å². The number of ether oxygens (including phenoxy) is 2. The van der Waals surface area contributed by atoms with E-state index in [1.54, 1.807) is 18.2 Å². The molecule has 1 aliphatic heterocycles. The molecule has 1 unspecified atom stereocenters. The zero-order chi connectivity index (χ0) is 25.8. The highest BCUT2D eigenvalue weighted by Crippen LogP contribution is 2.31. The Bertz CT molecular complexity index is 1210. The monoisotopic (exact) mass is 561 g/mol. The maximum atomic E-state index is 13.2. The molecule has 2 fully saturated rings. The van der Waals surface area contributed by atoms with Gasteiger partial charge < -0.3 is 19.4 Å². The summed E-state index contributed by atoms with van der Waals surface area (Å²) in [5.41, 5.74) is 3.43. The molecule has 1 saturated carbocycles. The Morgan fingerprint density at radius 1 is 1.14 bits per heavy atom. The van der Waals surface area contributed by atoms with Crippen LogP contribution in [-0.2, 0) is 17.9 Å². The molecule has 1 saturated heterocycles. The Balaban J connectivity index is 1.34. The fraction of sp³-hybridized carbons (Fsp3) is 0.500. The van der Waals surface area contributed by atoms with Gasteiger partial charge in [0.15, 0.2) is 0 Å². The molecule has 0 spiro atoms. The number of amides is 1. The van der Waals surface area contributed by atoms with Crippen LogP contribution in [0.5, 0.6) is 5.75 Å². The molecule has 2 aliphatic rings. The molecule has 0 radical (unpaired) electrons. The largest absolute Gasteiger partial charge is 0.486 e. The molecular formula is C28H33Cl2N3O3S. The fourth-order valence-corrected chi connectivity index (χ4v) is 6.49. The molecule has 198 valence electrons. The average molecular weight is 563 g/mol. The predicted octanol–water partition coefficient (Wildman–Crippen LogP) is 7.29. The number of carbonyl (C=O) groups excluding carboxylic acids is 1. The molecule has 3 aromatic rings. The van der Waals surface area contributed by atoms with E-state index < -0.39 is 0 Å². The van der Waals surface area contributed by atoms with Crippen LogP contribution in [0.2, 0.25) is 10.0 Å². The second-order valence-corrected chi connectivity index (χ2v) is 11.8. The highest BCUT2D eigenvalue weighted by atomic mass is 35.5. The highest BCUT2D eigenvalue weighted by molar-refractivity contribution is 7.09. The topological polar surface area (TPSA) is 65.4 Å². The zero-order valence-electron chi connectivity index (χ0n) is 21.1. The summed E-state index contributed by atoms with van der Waals surface area (Å²) in [6.07, 6.45) is 8.50. The molecule has 9 heteroatoms. The van der Waals surface area contributed by atoms with Crippen molar-refractivity contribution in [3.8, 4) is 17.1 Å². The molecule has 6 nitrogen and oxygen atoms in total. The van der Waals surface area contributed by atoms with Crippen molar-refractivity contribution >= 4 is 40.4 Å². The zero-order valence-corrected chi connectivity index (χ0v) is 23.4. The molecule has 1 aromatic carbocycles. The highest BCUT2D eigenvalue weighted by Gasteiger charge is 2.25. The minimum Gasteiger partial charge on any atom is -0.486 e. The predicted molar refractivity (Wildman–Crippen MR) is 149 cm³/mol. The van der Waals surface area contributed by atoms with E-state index in [-0.39, 0.29) is 12.0 Å². The van der Waals surface area contributed by atoms with Crippen molar-refractivity contribution in [3.63, 3.8) is 0 Å². The number of hydrogen-bond acceptors (Lipinski definition) is 5. The van der Waals surface area contributed by atoms with Gasteiger partial charge in [-0.2, -0.15) is 0 Å². The molecule has 2 aromatic heterocycles. The van der Waals surface area contributed by atoms with Crippen molar-refractivity contribution < 1.29 is 14.3 Å². The minimum atomic E-state index is -0.00737. The molecular weight excluding hydrogens is 529 g/mol. The van der Waals surface area contributed by atoms with Gasteiger partial charge in [-0.25, -0.2) is 4.98 Å². The van der Waals surface area contributed by atoms with E-state index in [9.17, 15) is 4.79 Å². The smallest absolute Gasteiger partial charge is 0.253 e. The molecule has 1 amide bonds. The number of nitrogens with one attached hydrogen (secondary N) is 1. The summed E-state index contributed by atoms with van der Waals surface area (Å²) in [7, 11) is 0. The summed E-state index contributed by atoms with van der Waals surface area (Å²) in [6.45, 7) is 4.58. The van der Waals surface area contributed by atoms with Gasteiger partial charge in [0.2, 0.25) is 0 Å². The summed E-state index contributed by atoms with van der Waals surface area (Å²) in [6, 6.07) is 7.12. The number of benzene rings is 1. The van der Waals surface area contributed by atoms with Gasteiger partial charge in [0.25, 0.3) is 5.91 Å². The summed E-state index contributed by atoms with van der Waals surface area (Å²) >= 11 is 13.7. The third-order valence-electron chi connectivity index (χ3n) is 7.31. The molecule has 1 N–H and O–H groups in total. The van der Waals surface area contributed by atoms with Crippen molar-refractivity contribution in [3.05, 3.63) is 56.0 Å². The summed E-state index contributed by atoms with van der Waals surface area (Å²) in [5, 5.41) is 7.11. The van der Waals surface area contributed by atoms with Crippen LogP contribution < -0.4 is 10.1 Å².